The summed E-state index contributed by atoms with van der Waals surface area (Å²) in [5, 5.41) is 1.21. The molecule has 0 saturated carbocycles. The molecule has 0 bridgehead atoms. The van der Waals surface area contributed by atoms with E-state index >= 15 is 0 Å². The van der Waals surface area contributed by atoms with E-state index in [1.165, 1.54) is 5.41 Å². The lowest BCUT2D eigenvalue weighted by molar-refractivity contribution is -0.108. The minimum atomic E-state index is -3.21. The lowest BCUT2D eigenvalue weighted by Crippen LogP contribution is -1.98. The molecule has 2 rings (SSSR count). The Hall–Kier alpha value is -1.42. The Bertz CT molecular complexity index is 556. The zero-order chi connectivity index (χ0) is 11.8. The van der Waals surface area contributed by atoms with Crippen LogP contribution < -0.4 is 0 Å². The van der Waals surface area contributed by atoms with Crippen LogP contribution in [-0.2, 0) is 14.6 Å². The van der Waals surface area contributed by atoms with Gasteiger partial charge < -0.3 is 4.79 Å². The van der Waals surface area contributed by atoms with Crippen molar-refractivity contribution in [2.45, 2.75) is 24.2 Å². The smallest absolute Gasteiger partial charge is 0.200 e. The van der Waals surface area contributed by atoms with Gasteiger partial charge >= 0.3 is 0 Å². The van der Waals surface area contributed by atoms with Gasteiger partial charge in [0.25, 0.3) is 0 Å². The van der Waals surface area contributed by atoms with Crippen molar-refractivity contribution < 1.29 is 13.2 Å². The fourth-order valence-electron chi connectivity index (χ4n) is 1.78. The molecule has 1 aliphatic rings. The van der Waals surface area contributed by atoms with Crippen molar-refractivity contribution in [3.05, 3.63) is 34.7 Å². The third-order valence-electron chi connectivity index (χ3n) is 2.79. The number of benzene rings is 1. The van der Waals surface area contributed by atoms with E-state index < -0.39 is 9.84 Å². The third-order valence-corrected chi connectivity index (χ3v) is 4.27. The molecular formula is C12H12O3S. The van der Waals surface area contributed by atoms with Crippen molar-refractivity contribution in [1.29, 1.82) is 0 Å². The topological polar surface area (TPSA) is 51.2 Å². The van der Waals surface area contributed by atoms with Crippen molar-refractivity contribution in [2.24, 2.45) is 0 Å². The molecule has 1 aromatic carbocycles. The molecular weight excluding hydrogens is 224 g/mol. The van der Waals surface area contributed by atoms with Crippen molar-refractivity contribution in [3.63, 3.8) is 0 Å². The van der Waals surface area contributed by atoms with Gasteiger partial charge in [-0.15, -0.1) is 0 Å². The number of carbonyl (C=O) groups is 1. The maximum atomic E-state index is 11.5. The first kappa shape index (κ1) is 11.1. The van der Waals surface area contributed by atoms with Gasteiger partial charge in [-0.2, -0.15) is 0 Å². The van der Waals surface area contributed by atoms with Crippen molar-refractivity contribution in [3.8, 4) is 0 Å². The van der Waals surface area contributed by atoms with Gasteiger partial charge in [-0.3, -0.25) is 0 Å². The fourth-order valence-corrected chi connectivity index (χ4v) is 2.97. The van der Waals surface area contributed by atoms with E-state index in [9.17, 15) is 13.2 Å². The fraction of sp³-hybridized carbons (Fsp3) is 0.250. The molecule has 16 heavy (non-hydrogen) atoms. The molecule has 3 nitrogen and oxygen atoms in total. The van der Waals surface area contributed by atoms with Gasteiger partial charge in [0.05, 0.1) is 4.90 Å². The quantitative estimate of drug-likeness (QED) is 0.755. The van der Waals surface area contributed by atoms with Crippen LogP contribution in [0.15, 0.2) is 28.5 Å². The Morgan fingerprint density at radius 2 is 2.12 bits per heavy atom. The summed E-state index contributed by atoms with van der Waals surface area (Å²) in [6.45, 7) is 1.95. The van der Waals surface area contributed by atoms with Crippen LogP contribution in [0.25, 0.3) is 6.08 Å². The summed E-state index contributed by atoms with van der Waals surface area (Å²) in [7, 11) is -3.21. The SMILES string of the molecule is CC(CC=O)c1ccc2c(c1)C=CS2(=O)=O. The third kappa shape index (κ3) is 1.80. The molecule has 0 amide bonds. The minimum absolute atomic E-state index is 0.125. The Kier molecular flexibility index (Phi) is 2.68. The van der Waals surface area contributed by atoms with E-state index in [0.29, 0.717) is 11.3 Å². The van der Waals surface area contributed by atoms with E-state index in [0.717, 1.165) is 17.4 Å². The summed E-state index contributed by atoms with van der Waals surface area (Å²) in [5.74, 6) is 0.125. The molecule has 0 radical (unpaired) electrons. The molecule has 0 N–H and O–H groups in total. The van der Waals surface area contributed by atoms with Gasteiger partial charge in [0.2, 0.25) is 0 Å². The highest BCUT2D eigenvalue weighted by atomic mass is 32.2. The summed E-state index contributed by atoms with van der Waals surface area (Å²) in [6, 6.07) is 5.23. The largest absolute Gasteiger partial charge is 0.303 e. The van der Waals surface area contributed by atoms with Crippen LogP contribution >= 0.6 is 0 Å². The number of hydrogen-bond donors (Lipinski definition) is 0. The zero-order valence-corrected chi connectivity index (χ0v) is 9.70. The van der Waals surface area contributed by atoms with E-state index in [4.69, 9.17) is 0 Å². The molecule has 4 heteroatoms. The lowest BCUT2D eigenvalue weighted by atomic mass is 9.97. The van der Waals surface area contributed by atoms with Crippen LogP contribution in [0.2, 0.25) is 0 Å². The van der Waals surface area contributed by atoms with Gasteiger partial charge in [-0.1, -0.05) is 19.1 Å². The first-order chi connectivity index (χ1) is 7.54. The first-order valence-corrected chi connectivity index (χ1v) is 6.60. The first-order valence-electron chi connectivity index (χ1n) is 5.05. The van der Waals surface area contributed by atoms with Crippen molar-refractivity contribution in [1.82, 2.24) is 0 Å². The molecule has 0 aromatic heterocycles. The maximum Gasteiger partial charge on any atom is 0.200 e. The summed E-state index contributed by atoms with van der Waals surface area (Å²) in [4.78, 5) is 10.8. The van der Waals surface area contributed by atoms with E-state index in [1.807, 2.05) is 13.0 Å². The van der Waals surface area contributed by atoms with Crippen molar-refractivity contribution >= 4 is 22.2 Å². The monoisotopic (exact) mass is 236 g/mol. The Labute approximate surface area is 94.7 Å². The molecule has 1 atom stereocenters. The molecule has 0 spiro atoms. The van der Waals surface area contributed by atoms with Crippen LogP contribution in [0.3, 0.4) is 0 Å². The number of rotatable bonds is 3. The Balaban J connectivity index is 2.43. The highest BCUT2D eigenvalue weighted by molar-refractivity contribution is 7.94. The summed E-state index contributed by atoms with van der Waals surface area (Å²) in [5.41, 5.74) is 1.71. The lowest BCUT2D eigenvalue weighted by Gasteiger charge is -2.09. The van der Waals surface area contributed by atoms with Crippen LogP contribution in [0.1, 0.15) is 30.4 Å². The summed E-state index contributed by atoms with van der Waals surface area (Å²) in [6.07, 6.45) is 2.93. The normalized spacial score (nSPS) is 18.1. The van der Waals surface area contributed by atoms with Crippen LogP contribution in [0.5, 0.6) is 0 Å². The molecule has 0 fully saturated rings. The number of carbonyl (C=O) groups excluding carboxylic acids is 1. The predicted molar refractivity (Wildman–Crippen MR) is 61.8 cm³/mol. The molecule has 1 aliphatic heterocycles. The number of sulfone groups is 1. The van der Waals surface area contributed by atoms with E-state index in [1.54, 1.807) is 18.2 Å². The van der Waals surface area contributed by atoms with Gasteiger partial charge in [0.15, 0.2) is 9.84 Å². The van der Waals surface area contributed by atoms with Gasteiger partial charge in [0.1, 0.15) is 6.29 Å². The minimum Gasteiger partial charge on any atom is -0.303 e. The standard InChI is InChI=1S/C12H12O3S/c1-9(4-6-13)10-2-3-12-11(8-10)5-7-16(12,14)15/h2-3,5-9H,4H2,1H3. The molecule has 84 valence electrons. The maximum absolute atomic E-state index is 11.5. The highest BCUT2D eigenvalue weighted by Gasteiger charge is 2.21. The Morgan fingerprint density at radius 1 is 1.38 bits per heavy atom. The molecule has 1 unspecified atom stereocenters. The number of fused-ring (bicyclic) bond motifs is 1. The van der Waals surface area contributed by atoms with E-state index in [2.05, 4.69) is 0 Å². The van der Waals surface area contributed by atoms with Gasteiger partial charge in [0, 0.05) is 11.8 Å². The summed E-state index contributed by atoms with van der Waals surface area (Å²) < 4.78 is 23.0. The molecule has 0 aliphatic carbocycles. The summed E-state index contributed by atoms with van der Waals surface area (Å²) >= 11 is 0. The number of aldehydes is 1. The second-order valence-electron chi connectivity index (χ2n) is 3.95. The van der Waals surface area contributed by atoms with Crippen LogP contribution in [0, 0.1) is 0 Å². The second kappa shape index (κ2) is 3.87. The predicted octanol–water partition coefficient (Wildman–Crippen LogP) is 2.14. The van der Waals surface area contributed by atoms with Gasteiger partial charge in [-0.05, 0) is 29.2 Å². The van der Waals surface area contributed by atoms with Crippen LogP contribution in [0.4, 0.5) is 0 Å². The second-order valence-corrected chi connectivity index (χ2v) is 5.75. The molecule has 1 heterocycles. The molecule has 0 saturated heterocycles. The zero-order valence-electron chi connectivity index (χ0n) is 8.88. The van der Waals surface area contributed by atoms with Gasteiger partial charge in [-0.25, -0.2) is 8.42 Å². The van der Waals surface area contributed by atoms with Crippen molar-refractivity contribution in [2.75, 3.05) is 0 Å². The average molecular weight is 236 g/mol. The number of hydrogen-bond acceptors (Lipinski definition) is 3. The van der Waals surface area contributed by atoms with Crippen LogP contribution in [-0.4, -0.2) is 14.7 Å². The highest BCUT2D eigenvalue weighted by Crippen LogP contribution is 2.30. The Morgan fingerprint density at radius 3 is 2.81 bits per heavy atom. The average Bonchev–Trinajstić information content (AvgIpc) is 2.55. The molecule has 1 aromatic rings. The van der Waals surface area contributed by atoms with E-state index in [-0.39, 0.29) is 5.92 Å².